The number of benzene rings is 1. The zero-order chi connectivity index (χ0) is 15.6. The summed E-state index contributed by atoms with van der Waals surface area (Å²) in [6.07, 6.45) is 0.991. The summed E-state index contributed by atoms with van der Waals surface area (Å²) in [4.78, 5) is 14.1. The lowest BCUT2D eigenvalue weighted by Crippen LogP contribution is -2.44. The van der Waals surface area contributed by atoms with Crippen molar-refractivity contribution in [3.63, 3.8) is 0 Å². The van der Waals surface area contributed by atoms with Gasteiger partial charge in [0.05, 0.1) is 12.1 Å². The second-order valence-electron chi connectivity index (χ2n) is 6.18. The molecule has 1 aliphatic rings. The highest BCUT2D eigenvalue weighted by molar-refractivity contribution is 6.03. The number of nitrogens with zero attached hydrogens (tertiary/aromatic N) is 1. The lowest BCUT2D eigenvalue weighted by atomic mass is 10.0. The first-order valence-electron chi connectivity index (χ1n) is 7.43. The van der Waals surface area contributed by atoms with E-state index in [2.05, 4.69) is 17.6 Å². The van der Waals surface area contributed by atoms with Gasteiger partial charge in [-0.3, -0.25) is 4.79 Å². The van der Waals surface area contributed by atoms with Crippen molar-refractivity contribution in [1.82, 2.24) is 5.32 Å². The molecular weight excluding hydrogens is 266 g/mol. The molecule has 1 aromatic rings. The molecule has 116 valence electrons. The predicted octanol–water partition coefficient (Wildman–Crippen LogP) is 1.89. The summed E-state index contributed by atoms with van der Waals surface area (Å²) in [5.74, 6) is -0.000304. The Morgan fingerprint density at radius 1 is 1.43 bits per heavy atom. The Kier molecular flexibility index (Phi) is 4.54. The van der Waals surface area contributed by atoms with Crippen molar-refractivity contribution >= 4 is 17.3 Å². The summed E-state index contributed by atoms with van der Waals surface area (Å²) in [5, 5.41) is 15.7. The van der Waals surface area contributed by atoms with Crippen LogP contribution in [0, 0.1) is 0 Å². The maximum absolute atomic E-state index is 12.0. The van der Waals surface area contributed by atoms with Crippen LogP contribution < -0.4 is 15.5 Å². The lowest BCUT2D eigenvalue weighted by Gasteiger charge is -2.36. The van der Waals surface area contributed by atoms with E-state index >= 15 is 0 Å². The number of hydrogen-bond donors (Lipinski definition) is 3. The summed E-state index contributed by atoms with van der Waals surface area (Å²) < 4.78 is 0. The third-order valence-corrected chi connectivity index (χ3v) is 4.15. The van der Waals surface area contributed by atoms with Crippen LogP contribution in [0.4, 0.5) is 11.4 Å². The molecule has 1 atom stereocenters. The molecule has 0 aliphatic carbocycles. The average Bonchev–Trinajstić information content (AvgIpc) is 2.78. The number of nitrogens with one attached hydrogen (secondary N) is 2. The van der Waals surface area contributed by atoms with Crippen LogP contribution in [0.15, 0.2) is 18.2 Å². The van der Waals surface area contributed by atoms with Crippen LogP contribution in [0.1, 0.15) is 38.8 Å². The molecule has 0 spiro atoms. The summed E-state index contributed by atoms with van der Waals surface area (Å²) in [5.41, 5.74) is 2.47. The average molecular weight is 291 g/mol. The number of likely N-dealkylation sites (N-methyl/N-ethyl adjacent to an activating group) is 1. The van der Waals surface area contributed by atoms with Gasteiger partial charge in [0.2, 0.25) is 5.91 Å². The molecule has 0 bridgehead atoms. The van der Waals surface area contributed by atoms with Crippen LogP contribution in [0.25, 0.3) is 0 Å². The molecule has 1 amide bonds. The summed E-state index contributed by atoms with van der Waals surface area (Å²) in [7, 11) is 1.95. The SMILES string of the molecule is CCCNC1C(=O)Nc2cc(N(C)C(C)(C)CO)ccc21. The summed E-state index contributed by atoms with van der Waals surface area (Å²) >= 11 is 0. The Balaban J connectivity index is 2.26. The number of hydrogen-bond acceptors (Lipinski definition) is 4. The van der Waals surface area contributed by atoms with E-state index in [9.17, 15) is 9.90 Å². The third kappa shape index (κ3) is 3.04. The maximum atomic E-state index is 12.0. The van der Waals surface area contributed by atoms with E-state index in [-0.39, 0.29) is 24.1 Å². The van der Waals surface area contributed by atoms with Gasteiger partial charge in [0, 0.05) is 24.0 Å². The van der Waals surface area contributed by atoms with Gasteiger partial charge in [-0.05, 0) is 38.9 Å². The van der Waals surface area contributed by atoms with Gasteiger partial charge in [-0.2, -0.15) is 0 Å². The number of aliphatic hydroxyl groups is 1. The van der Waals surface area contributed by atoms with Gasteiger partial charge in [-0.1, -0.05) is 13.0 Å². The van der Waals surface area contributed by atoms with Crippen molar-refractivity contribution in [3.8, 4) is 0 Å². The minimum Gasteiger partial charge on any atom is -0.394 e. The Bertz CT molecular complexity index is 528. The number of fused-ring (bicyclic) bond motifs is 1. The van der Waals surface area contributed by atoms with Crippen LogP contribution >= 0.6 is 0 Å². The highest BCUT2D eigenvalue weighted by atomic mass is 16.3. The van der Waals surface area contributed by atoms with Crippen LogP contribution in [-0.2, 0) is 4.79 Å². The monoisotopic (exact) mass is 291 g/mol. The first-order valence-corrected chi connectivity index (χ1v) is 7.43. The first kappa shape index (κ1) is 15.8. The van der Waals surface area contributed by atoms with Crippen LogP contribution in [-0.4, -0.2) is 36.8 Å². The van der Waals surface area contributed by atoms with Crippen molar-refractivity contribution in [3.05, 3.63) is 23.8 Å². The molecule has 0 radical (unpaired) electrons. The van der Waals surface area contributed by atoms with Gasteiger partial charge in [-0.15, -0.1) is 0 Å². The number of anilines is 2. The topological polar surface area (TPSA) is 64.6 Å². The first-order chi connectivity index (χ1) is 9.90. The van der Waals surface area contributed by atoms with E-state index in [0.29, 0.717) is 0 Å². The highest BCUT2D eigenvalue weighted by Crippen LogP contribution is 2.35. The van der Waals surface area contributed by atoms with Gasteiger partial charge in [0.25, 0.3) is 0 Å². The minimum atomic E-state index is -0.350. The van der Waals surface area contributed by atoms with Crippen molar-refractivity contribution in [2.24, 2.45) is 0 Å². The predicted molar refractivity (Wildman–Crippen MR) is 85.7 cm³/mol. The van der Waals surface area contributed by atoms with Crippen LogP contribution in [0.3, 0.4) is 0 Å². The Hall–Kier alpha value is -1.59. The van der Waals surface area contributed by atoms with Crippen molar-refractivity contribution < 1.29 is 9.90 Å². The minimum absolute atomic E-state index is 0.000304. The second-order valence-corrected chi connectivity index (χ2v) is 6.18. The highest BCUT2D eigenvalue weighted by Gasteiger charge is 2.31. The molecule has 5 heteroatoms. The van der Waals surface area contributed by atoms with E-state index in [0.717, 1.165) is 29.9 Å². The lowest BCUT2D eigenvalue weighted by molar-refractivity contribution is -0.117. The van der Waals surface area contributed by atoms with Crippen molar-refractivity contribution in [2.75, 3.05) is 30.4 Å². The van der Waals surface area contributed by atoms with Crippen LogP contribution in [0.2, 0.25) is 0 Å². The standard InChI is InChI=1S/C16H25N3O2/c1-5-8-17-14-12-7-6-11(9-13(12)18-15(14)21)19(4)16(2,3)10-20/h6-7,9,14,17,20H,5,8,10H2,1-4H3,(H,18,21). The van der Waals surface area contributed by atoms with Gasteiger partial charge in [0.1, 0.15) is 6.04 Å². The molecule has 21 heavy (non-hydrogen) atoms. The quantitative estimate of drug-likeness (QED) is 0.749. The molecule has 3 N–H and O–H groups in total. The molecule has 1 aromatic carbocycles. The maximum Gasteiger partial charge on any atom is 0.246 e. The summed E-state index contributed by atoms with van der Waals surface area (Å²) in [6, 6.07) is 5.69. The van der Waals surface area contributed by atoms with E-state index in [1.807, 2.05) is 44.0 Å². The molecule has 0 saturated heterocycles. The van der Waals surface area contributed by atoms with E-state index in [1.165, 1.54) is 0 Å². The smallest absolute Gasteiger partial charge is 0.246 e. The van der Waals surface area contributed by atoms with Crippen molar-refractivity contribution in [2.45, 2.75) is 38.8 Å². The molecule has 2 rings (SSSR count). The fourth-order valence-electron chi connectivity index (χ4n) is 2.41. The molecule has 1 unspecified atom stereocenters. The molecule has 1 aliphatic heterocycles. The van der Waals surface area contributed by atoms with Gasteiger partial charge < -0.3 is 20.6 Å². The number of rotatable bonds is 6. The molecule has 5 nitrogen and oxygen atoms in total. The fraction of sp³-hybridized carbons (Fsp3) is 0.562. The normalized spacial score (nSPS) is 17.6. The van der Waals surface area contributed by atoms with E-state index in [4.69, 9.17) is 0 Å². The fourth-order valence-corrected chi connectivity index (χ4v) is 2.41. The van der Waals surface area contributed by atoms with E-state index < -0.39 is 0 Å². The number of carbonyl (C=O) groups is 1. The zero-order valence-corrected chi connectivity index (χ0v) is 13.2. The number of amides is 1. The van der Waals surface area contributed by atoms with Gasteiger partial charge >= 0.3 is 0 Å². The Morgan fingerprint density at radius 3 is 2.76 bits per heavy atom. The number of carbonyl (C=O) groups excluding carboxylic acids is 1. The third-order valence-electron chi connectivity index (χ3n) is 4.15. The molecular formula is C16H25N3O2. The van der Waals surface area contributed by atoms with Crippen LogP contribution in [0.5, 0.6) is 0 Å². The Labute approximate surface area is 126 Å². The molecule has 0 aromatic heterocycles. The van der Waals surface area contributed by atoms with E-state index in [1.54, 1.807) is 0 Å². The van der Waals surface area contributed by atoms with Gasteiger partial charge in [-0.25, -0.2) is 0 Å². The molecule has 0 saturated carbocycles. The zero-order valence-electron chi connectivity index (χ0n) is 13.2. The largest absolute Gasteiger partial charge is 0.394 e. The molecule has 0 fully saturated rings. The second kappa shape index (κ2) is 6.03. The van der Waals surface area contributed by atoms with Crippen molar-refractivity contribution in [1.29, 1.82) is 0 Å². The molecule has 1 heterocycles. The summed E-state index contributed by atoms with van der Waals surface area (Å²) in [6.45, 7) is 6.91. The number of aliphatic hydroxyl groups excluding tert-OH is 1. The van der Waals surface area contributed by atoms with Gasteiger partial charge in [0.15, 0.2) is 0 Å². The Morgan fingerprint density at radius 2 is 2.14 bits per heavy atom.